The molecule has 0 unspecified atom stereocenters. The number of likely N-dealkylation sites (N-methyl/N-ethyl adjacent to an activating group) is 1. The zero-order valence-corrected chi connectivity index (χ0v) is 18.8. The van der Waals surface area contributed by atoms with Gasteiger partial charge in [0.2, 0.25) is 5.91 Å². The van der Waals surface area contributed by atoms with Gasteiger partial charge in [0.25, 0.3) is 0 Å². The highest BCUT2D eigenvalue weighted by molar-refractivity contribution is 5.94. The van der Waals surface area contributed by atoms with Crippen molar-refractivity contribution < 1.29 is 14.3 Å². The third-order valence-electron chi connectivity index (χ3n) is 6.58. The van der Waals surface area contributed by atoms with E-state index in [0.29, 0.717) is 19.7 Å². The van der Waals surface area contributed by atoms with Crippen LogP contribution in [0.3, 0.4) is 0 Å². The van der Waals surface area contributed by atoms with E-state index in [1.54, 1.807) is 0 Å². The zero-order chi connectivity index (χ0) is 21.7. The summed E-state index contributed by atoms with van der Waals surface area (Å²) in [5.74, 6) is 0.137. The molecule has 2 aliphatic rings. The number of nitrogens with zero attached hydrogens (tertiary/aromatic N) is 2. The topological polar surface area (TPSA) is 42.0 Å². The van der Waals surface area contributed by atoms with E-state index in [4.69, 9.17) is 9.47 Å². The van der Waals surface area contributed by atoms with E-state index in [2.05, 4.69) is 36.1 Å². The second-order valence-corrected chi connectivity index (χ2v) is 8.76. The van der Waals surface area contributed by atoms with Crippen LogP contribution in [0, 0.1) is 6.92 Å². The molecule has 2 fully saturated rings. The summed E-state index contributed by atoms with van der Waals surface area (Å²) in [5.41, 5.74) is 3.10. The highest BCUT2D eigenvalue weighted by Crippen LogP contribution is 2.38. The minimum absolute atomic E-state index is 0.0224. The fourth-order valence-corrected chi connectivity index (χ4v) is 4.87. The fourth-order valence-electron chi connectivity index (χ4n) is 4.87. The quantitative estimate of drug-likeness (QED) is 0.671. The summed E-state index contributed by atoms with van der Waals surface area (Å²) in [7, 11) is 0. The van der Waals surface area contributed by atoms with Crippen LogP contribution in [0.15, 0.2) is 54.6 Å². The summed E-state index contributed by atoms with van der Waals surface area (Å²) in [6.45, 7) is 8.13. The maximum Gasteiger partial charge on any atom is 0.241 e. The summed E-state index contributed by atoms with van der Waals surface area (Å²) in [4.78, 5) is 17.3. The van der Waals surface area contributed by atoms with Gasteiger partial charge in [-0.15, -0.1) is 0 Å². The van der Waals surface area contributed by atoms with Gasteiger partial charge < -0.3 is 14.4 Å². The molecule has 1 amide bonds. The lowest BCUT2D eigenvalue weighted by Crippen LogP contribution is -2.57. The summed E-state index contributed by atoms with van der Waals surface area (Å²) >= 11 is 0. The van der Waals surface area contributed by atoms with Gasteiger partial charge in [0.15, 0.2) is 0 Å². The van der Waals surface area contributed by atoms with Crippen LogP contribution in [0.25, 0.3) is 0 Å². The Balaban J connectivity index is 1.42. The van der Waals surface area contributed by atoms with E-state index in [9.17, 15) is 4.79 Å². The Kier molecular flexibility index (Phi) is 7.06. The number of anilines is 1. The van der Waals surface area contributed by atoms with Gasteiger partial charge in [-0.1, -0.05) is 42.5 Å². The molecule has 1 spiro atoms. The number of carbonyl (C=O) groups excluding carboxylic acids is 1. The number of aryl methyl sites for hydroxylation is 1. The summed E-state index contributed by atoms with van der Waals surface area (Å²) in [6, 6.07) is 18.4. The highest BCUT2D eigenvalue weighted by atomic mass is 16.6. The van der Waals surface area contributed by atoms with Crippen molar-refractivity contribution in [2.45, 2.75) is 51.4 Å². The Morgan fingerprint density at radius 1 is 1.19 bits per heavy atom. The highest BCUT2D eigenvalue weighted by Gasteiger charge is 2.47. The number of amides is 1. The molecule has 2 aromatic carbocycles. The second-order valence-electron chi connectivity index (χ2n) is 8.76. The Hall–Kier alpha value is -2.21. The van der Waals surface area contributed by atoms with Gasteiger partial charge in [-0.2, -0.15) is 0 Å². The molecular weight excluding hydrogens is 388 g/mol. The van der Waals surface area contributed by atoms with Crippen LogP contribution in [0.1, 0.15) is 37.3 Å². The second kappa shape index (κ2) is 9.94. The normalized spacial score (nSPS) is 23.9. The molecule has 0 N–H and O–H groups in total. The minimum Gasteiger partial charge on any atom is -0.372 e. The molecule has 31 heavy (non-hydrogen) atoms. The lowest BCUT2D eigenvalue weighted by molar-refractivity contribution is -0.160. The molecular formula is C26H34N2O3. The van der Waals surface area contributed by atoms with Crippen molar-refractivity contribution in [1.82, 2.24) is 4.90 Å². The van der Waals surface area contributed by atoms with Gasteiger partial charge in [-0.05, 0) is 56.4 Å². The number of rotatable bonds is 7. The molecule has 5 heteroatoms. The van der Waals surface area contributed by atoms with Crippen LogP contribution in [-0.2, 0) is 20.9 Å². The zero-order valence-electron chi connectivity index (χ0n) is 18.8. The molecule has 0 bridgehead atoms. The number of hydrogen-bond donors (Lipinski definition) is 0. The Bertz CT molecular complexity index is 864. The van der Waals surface area contributed by atoms with Crippen LogP contribution >= 0.6 is 0 Å². The molecule has 2 aliphatic heterocycles. The van der Waals surface area contributed by atoms with Crippen molar-refractivity contribution in [3.8, 4) is 0 Å². The maximum atomic E-state index is 13.2. The Labute approximate surface area is 185 Å². The molecule has 166 valence electrons. The predicted molar refractivity (Wildman–Crippen MR) is 123 cm³/mol. The van der Waals surface area contributed by atoms with Crippen molar-refractivity contribution in [2.24, 2.45) is 0 Å². The van der Waals surface area contributed by atoms with Gasteiger partial charge in [0.05, 0.1) is 24.9 Å². The number of piperidine rings is 1. The number of ether oxygens (including phenoxy) is 2. The molecule has 0 radical (unpaired) electrons. The molecule has 0 saturated carbocycles. The largest absolute Gasteiger partial charge is 0.372 e. The first-order valence-electron chi connectivity index (χ1n) is 11.5. The van der Waals surface area contributed by atoms with E-state index in [0.717, 1.165) is 50.2 Å². The summed E-state index contributed by atoms with van der Waals surface area (Å²) < 4.78 is 12.7. The fraction of sp³-hybridized carbons (Fsp3) is 0.500. The lowest BCUT2D eigenvalue weighted by atomic mass is 9.85. The number of hydrogen-bond acceptors (Lipinski definition) is 4. The molecule has 0 aliphatic carbocycles. The average Bonchev–Trinajstić information content (AvgIpc) is 3.25. The smallest absolute Gasteiger partial charge is 0.241 e. The molecule has 0 aromatic heterocycles. The first-order valence-corrected chi connectivity index (χ1v) is 11.5. The van der Waals surface area contributed by atoms with Crippen molar-refractivity contribution in [3.63, 3.8) is 0 Å². The van der Waals surface area contributed by atoms with E-state index in [-0.39, 0.29) is 17.6 Å². The maximum absolute atomic E-state index is 13.2. The molecule has 2 aromatic rings. The first kappa shape index (κ1) is 22.0. The van der Waals surface area contributed by atoms with E-state index in [1.165, 1.54) is 5.56 Å². The monoisotopic (exact) mass is 422 g/mol. The van der Waals surface area contributed by atoms with Gasteiger partial charge in [0, 0.05) is 31.9 Å². The van der Waals surface area contributed by atoms with Crippen molar-refractivity contribution in [3.05, 3.63) is 65.7 Å². The Morgan fingerprint density at radius 2 is 2.03 bits per heavy atom. The van der Waals surface area contributed by atoms with E-state index >= 15 is 0 Å². The summed E-state index contributed by atoms with van der Waals surface area (Å²) in [5, 5.41) is 0. The molecule has 2 atom stereocenters. The first-order chi connectivity index (χ1) is 15.1. The molecule has 5 nitrogen and oxygen atoms in total. The number of benzene rings is 2. The van der Waals surface area contributed by atoms with Crippen molar-refractivity contribution in [2.75, 3.05) is 37.7 Å². The number of carbonyl (C=O) groups is 1. The van der Waals surface area contributed by atoms with E-state index < -0.39 is 0 Å². The van der Waals surface area contributed by atoms with Crippen LogP contribution in [0.4, 0.5) is 5.69 Å². The van der Waals surface area contributed by atoms with Crippen LogP contribution < -0.4 is 4.90 Å². The van der Waals surface area contributed by atoms with Gasteiger partial charge in [-0.3, -0.25) is 9.69 Å². The SMILES string of the molecule is CCN(C(=O)CN1CC[C@]2(CCCO2)[C@H](OCc2ccccc2)C1)c1cccc(C)c1. The molecule has 2 saturated heterocycles. The third-order valence-corrected chi connectivity index (χ3v) is 6.58. The molecule has 4 rings (SSSR count). The third kappa shape index (κ3) is 5.17. The van der Waals surface area contributed by atoms with Crippen molar-refractivity contribution in [1.29, 1.82) is 0 Å². The lowest BCUT2D eigenvalue weighted by Gasteiger charge is -2.45. The number of likely N-dealkylation sites (tertiary alicyclic amines) is 1. The van der Waals surface area contributed by atoms with Crippen LogP contribution in [0.2, 0.25) is 0 Å². The Morgan fingerprint density at radius 3 is 2.74 bits per heavy atom. The summed E-state index contributed by atoms with van der Waals surface area (Å²) in [6.07, 6.45) is 3.02. The average molecular weight is 423 g/mol. The van der Waals surface area contributed by atoms with Crippen LogP contribution in [-0.4, -0.2) is 55.3 Å². The van der Waals surface area contributed by atoms with E-state index in [1.807, 2.05) is 42.2 Å². The van der Waals surface area contributed by atoms with Crippen molar-refractivity contribution >= 4 is 11.6 Å². The van der Waals surface area contributed by atoms with Gasteiger partial charge in [-0.25, -0.2) is 0 Å². The molecule has 2 heterocycles. The minimum atomic E-state index is -0.199. The van der Waals surface area contributed by atoms with Gasteiger partial charge >= 0.3 is 0 Å². The standard InChI is InChI=1S/C26H34N2O3/c1-3-28(23-12-7-9-21(2)17-23)25(29)19-27-15-14-26(13-8-16-31-26)24(18-27)30-20-22-10-5-4-6-11-22/h4-7,9-12,17,24H,3,8,13-16,18-20H2,1-2H3/t24-,26-/m1/s1. The van der Waals surface area contributed by atoms with Gasteiger partial charge in [0.1, 0.15) is 0 Å². The predicted octanol–water partition coefficient (Wildman–Crippen LogP) is 4.19. The van der Waals surface area contributed by atoms with Crippen LogP contribution in [0.5, 0.6) is 0 Å².